The summed E-state index contributed by atoms with van der Waals surface area (Å²) in [5.74, 6) is 0.114. The standard InChI is InChI=1S/C10H14IN3O2/c1-8(14-7-9(11)6-12-14)10(15)13-2-4-16-5-3-13/h6-8H,2-5H2,1H3/t8-/m0/s1. The Labute approximate surface area is 108 Å². The lowest BCUT2D eigenvalue weighted by Crippen LogP contribution is -2.43. The van der Waals surface area contributed by atoms with E-state index in [1.807, 2.05) is 18.0 Å². The van der Waals surface area contributed by atoms with Crippen LogP contribution in [0, 0.1) is 3.57 Å². The second kappa shape index (κ2) is 5.13. The van der Waals surface area contributed by atoms with Crippen molar-refractivity contribution in [1.29, 1.82) is 0 Å². The Balaban J connectivity index is 2.03. The van der Waals surface area contributed by atoms with Gasteiger partial charge in [0.25, 0.3) is 0 Å². The predicted octanol–water partition coefficient (Wildman–Crippen LogP) is 0.907. The van der Waals surface area contributed by atoms with Crippen molar-refractivity contribution in [1.82, 2.24) is 14.7 Å². The molecule has 0 saturated carbocycles. The first kappa shape index (κ1) is 11.8. The molecule has 0 bridgehead atoms. The van der Waals surface area contributed by atoms with E-state index in [2.05, 4.69) is 27.7 Å². The minimum atomic E-state index is -0.235. The Hall–Kier alpha value is -0.630. The van der Waals surface area contributed by atoms with Crippen molar-refractivity contribution in [3.63, 3.8) is 0 Å². The van der Waals surface area contributed by atoms with E-state index in [0.717, 1.165) is 3.57 Å². The van der Waals surface area contributed by atoms with Crippen LogP contribution >= 0.6 is 22.6 Å². The summed E-state index contributed by atoms with van der Waals surface area (Å²) in [6.45, 7) is 4.51. The average molecular weight is 335 g/mol. The van der Waals surface area contributed by atoms with Crippen LogP contribution in [-0.4, -0.2) is 46.9 Å². The molecule has 6 heteroatoms. The highest BCUT2D eigenvalue weighted by Gasteiger charge is 2.23. The smallest absolute Gasteiger partial charge is 0.247 e. The van der Waals surface area contributed by atoms with E-state index in [9.17, 15) is 4.79 Å². The molecule has 2 rings (SSSR count). The number of carbonyl (C=O) groups excluding carboxylic acids is 1. The maximum absolute atomic E-state index is 12.1. The zero-order valence-electron chi connectivity index (χ0n) is 9.10. The topological polar surface area (TPSA) is 47.4 Å². The van der Waals surface area contributed by atoms with Gasteiger partial charge in [-0.05, 0) is 29.5 Å². The maximum atomic E-state index is 12.1. The normalized spacial score (nSPS) is 18.5. The van der Waals surface area contributed by atoms with Gasteiger partial charge in [-0.1, -0.05) is 0 Å². The molecular weight excluding hydrogens is 321 g/mol. The molecule has 16 heavy (non-hydrogen) atoms. The van der Waals surface area contributed by atoms with Crippen molar-refractivity contribution in [2.75, 3.05) is 26.3 Å². The SMILES string of the molecule is C[C@@H](C(=O)N1CCOCC1)n1cc(I)cn1. The Morgan fingerprint density at radius 3 is 2.81 bits per heavy atom. The Morgan fingerprint density at radius 2 is 2.25 bits per heavy atom. The van der Waals surface area contributed by atoms with E-state index in [1.165, 1.54) is 0 Å². The van der Waals surface area contributed by atoms with Gasteiger partial charge >= 0.3 is 0 Å². The van der Waals surface area contributed by atoms with E-state index in [-0.39, 0.29) is 11.9 Å². The minimum absolute atomic E-state index is 0.114. The van der Waals surface area contributed by atoms with Gasteiger partial charge in [0.1, 0.15) is 6.04 Å². The molecule has 88 valence electrons. The molecule has 0 aromatic carbocycles. The number of aromatic nitrogens is 2. The van der Waals surface area contributed by atoms with Gasteiger partial charge in [-0.25, -0.2) is 0 Å². The second-order valence-corrected chi connectivity index (χ2v) is 5.00. The molecule has 1 aliphatic rings. The number of rotatable bonds is 2. The summed E-state index contributed by atoms with van der Waals surface area (Å²) in [5, 5.41) is 4.16. The summed E-state index contributed by atoms with van der Waals surface area (Å²) < 4.78 is 7.97. The first-order valence-electron chi connectivity index (χ1n) is 5.24. The highest BCUT2D eigenvalue weighted by atomic mass is 127. The molecule has 1 atom stereocenters. The van der Waals surface area contributed by atoms with Crippen LogP contribution in [0.1, 0.15) is 13.0 Å². The van der Waals surface area contributed by atoms with Crippen LogP contribution in [0.4, 0.5) is 0 Å². The Kier molecular flexibility index (Phi) is 3.80. The number of ether oxygens (including phenoxy) is 1. The van der Waals surface area contributed by atoms with Gasteiger partial charge in [-0.15, -0.1) is 0 Å². The van der Waals surface area contributed by atoms with Crippen molar-refractivity contribution in [2.45, 2.75) is 13.0 Å². The second-order valence-electron chi connectivity index (χ2n) is 3.75. The van der Waals surface area contributed by atoms with Crippen LogP contribution in [0.15, 0.2) is 12.4 Å². The summed E-state index contributed by atoms with van der Waals surface area (Å²) in [7, 11) is 0. The van der Waals surface area contributed by atoms with Crippen LogP contribution in [0.25, 0.3) is 0 Å². The largest absolute Gasteiger partial charge is 0.378 e. The van der Waals surface area contributed by atoms with Gasteiger partial charge in [0.2, 0.25) is 5.91 Å². The fraction of sp³-hybridized carbons (Fsp3) is 0.600. The number of hydrogen-bond acceptors (Lipinski definition) is 3. The molecule has 0 unspecified atom stereocenters. The van der Waals surface area contributed by atoms with E-state index in [4.69, 9.17) is 4.74 Å². The minimum Gasteiger partial charge on any atom is -0.378 e. The van der Waals surface area contributed by atoms with Gasteiger partial charge in [-0.2, -0.15) is 5.10 Å². The number of amides is 1. The first-order chi connectivity index (χ1) is 7.68. The summed E-state index contributed by atoms with van der Waals surface area (Å²) in [5.41, 5.74) is 0. The zero-order chi connectivity index (χ0) is 11.5. The lowest BCUT2D eigenvalue weighted by atomic mass is 10.2. The third-order valence-electron chi connectivity index (χ3n) is 2.65. The lowest BCUT2D eigenvalue weighted by Gasteiger charge is -2.29. The summed E-state index contributed by atoms with van der Waals surface area (Å²) in [4.78, 5) is 14.0. The van der Waals surface area contributed by atoms with Crippen molar-refractivity contribution >= 4 is 28.5 Å². The Morgan fingerprint density at radius 1 is 1.56 bits per heavy atom. The van der Waals surface area contributed by atoms with Crippen LogP contribution < -0.4 is 0 Å². The molecule has 2 heterocycles. The number of carbonyl (C=O) groups is 1. The van der Waals surface area contributed by atoms with Crippen molar-refractivity contribution in [3.05, 3.63) is 16.0 Å². The quantitative estimate of drug-likeness (QED) is 0.755. The van der Waals surface area contributed by atoms with E-state index in [0.29, 0.717) is 26.3 Å². The molecule has 0 N–H and O–H groups in total. The Bertz CT molecular complexity index is 374. The van der Waals surface area contributed by atoms with Crippen LogP contribution in [0.5, 0.6) is 0 Å². The lowest BCUT2D eigenvalue weighted by molar-refractivity contribution is -0.138. The van der Waals surface area contributed by atoms with E-state index in [1.54, 1.807) is 10.9 Å². The summed E-state index contributed by atoms with van der Waals surface area (Å²) in [6, 6.07) is -0.235. The third kappa shape index (κ3) is 2.54. The summed E-state index contributed by atoms with van der Waals surface area (Å²) in [6.07, 6.45) is 3.63. The van der Waals surface area contributed by atoms with Crippen LogP contribution in [0.3, 0.4) is 0 Å². The number of nitrogens with zero attached hydrogens (tertiary/aromatic N) is 3. The highest BCUT2D eigenvalue weighted by molar-refractivity contribution is 14.1. The van der Waals surface area contributed by atoms with E-state index >= 15 is 0 Å². The molecular formula is C10H14IN3O2. The van der Waals surface area contributed by atoms with Crippen LogP contribution in [0.2, 0.25) is 0 Å². The van der Waals surface area contributed by atoms with Crippen molar-refractivity contribution in [3.8, 4) is 0 Å². The zero-order valence-corrected chi connectivity index (χ0v) is 11.3. The average Bonchev–Trinajstić information content (AvgIpc) is 2.75. The fourth-order valence-corrected chi connectivity index (χ4v) is 2.10. The molecule has 0 spiro atoms. The third-order valence-corrected chi connectivity index (χ3v) is 3.20. The van der Waals surface area contributed by atoms with Crippen molar-refractivity contribution in [2.24, 2.45) is 0 Å². The van der Waals surface area contributed by atoms with Gasteiger partial charge in [-0.3, -0.25) is 9.48 Å². The van der Waals surface area contributed by atoms with Gasteiger partial charge in [0.15, 0.2) is 0 Å². The highest BCUT2D eigenvalue weighted by Crippen LogP contribution is 2.12. The molecule has 1 saturated heterocycles. The first-order valence-corrected chi connectivity index (χ1v) is 6.32. The van der Waals surface area contributed by atoms with Gasteiger partial charge in [0, 0.05) is 19.3 Å². The molecule has 1 aromatic rings. The number of halogens is 1. The summed E-state index contributed by atoms with van der Waals surface area (Å²) >= 11 is 2.18. The fourth-order valence-electron chi connectivity index (χ4n) is 1.69. The molecule has 0 aliphatic carbocycles. The van der Waals surface area contributed by atoms with Gasteiger partial charge in [0.05, 0.1) is 23.0 Å². The molecule has 1 aromatic heterocycles. The van der Waals surface area contributed by atoms with Crippen LogP contribution in [-0.2, 0) is 9.53 Å². The number of hydrogen-bond donors (Lipinski definition) is 0. The molecule has 5 nitrogen and oxygen atoms in total. The van der Waals surface area contributed by atoms with E-state index < -0.39 is 0 Å². The predicted molar refractivity (Wildman–Crippen MR) is 67.1 cm³/mol. The molecule has 1 amide bonds. The number of morpholine rings is 1. The molecule has 1 fully saturated rings. The monoisotopic (exact) mass is 335 g/mol. The van der Waals surface area contributed by atoms with Crippen molar-refractivity contribution < 1.29 is 9.53 Å². The molecule has 0 radical (unpaired) electrons. The molecule has 1 aliphatic heterocycles. The maximum Gasteiger partial charge on any atom is 0.247 e. The van der Waals surface area contributed by atoms with Gasteiger partial charge < -0.3 is 9.64 Å².